The molecule has 0 aliphatic heterocycles. The van der Waals surface area contributed by atoms with Gasteiger partial charge in [0.05, 0.1) is 17.7 Å². The molecule has 2 amide bonds. The lowest BCUT2D eigenvalue weighted by molar-refractivity contribution is -0.121. The van der Waals surface area contributed by atoms with Gasteiger partial charge in [-0.15, -0.1) is 0 Å². The highest BCUT2D eigenvalue weighted by Crippen LogP contribution is 2.39. The number of nitrogens with zero attached hydrogens (tertiary/aromatic N) is 2. The first-order valence-electron chi connectivity index (χ1n) is 12.7. The lowest BCUT2D eigenvalue weighted by atomic mass is 9.97. The number of nitrogens with one attached hydrogen (secondary N) is 3. The Kier molecular flexibility index (Phi) is 6.59. The minimum absolute atomic E-state index is 0.0549. The van der Waals surface area contributed by atoms with Crippen molar-refractivity contribution in [1.82, 2.24) is 25.6 Å². The van der Waals surface area contributed by atoms with Gasteiger partial charge in [0.1, 0.15) is 29.0 Å². The van der Waals surface area contributed by atoms with Gasteiger partial charge in [0, 0.05) is 23.7 Å². The quantitative estimate of drug-likeness (QED) is 0.367. The lowest BCUT2D eigenvalue weighted by Crippen LogP contribution is -2.61. The second kappa shape index (κ2) is 9.72. The fourth-order valence-corrected chi connectivity index (χ4v) is 5.25. The number of hydrogen-bond acceptors (Lipinski definition) is 5. The molecule has 3 aromatic rings. The van der Waals surface area contributed by atoms with Gasteiger partial charge in [-0.1, -0.05) is 6.92 Å². The van der Waals surface area contributed by atoms with Gasteiger partial charge in [-0.05, 0) is 69.1 Å². The molecule has 2 aliphatic carbocycles. The standard InChI is InChI=1S/C27H31F2N5O3/c1-14-5-4-10-27(14,33-16(3)35)34-26(36)21-15(2)32-24-22(30-13-31-23(21)24)19-11-18(25(28)29)8-9-20(19)37-12-17-6-7-17/h8-9,11,13-14,17,25,32H,4-7,10,12H2,1-3H3,(H,33,35)(H,34,36)/t14-,27-/m1/s1. The molecule has 0 bridgehead atoms. The Balaban J connectivity index is 1.56. The summed E-state index contributed by atoms with van der Waals surface area (Å²) in [6.45, 7) is 5.70. The molecule has 2 heterocycles. The average Bonchev–Trinajstić information content (AvgIpc) is 3.52. The number of halogens is 2. The molecular formula is C27H31F2N5O3. The summed E-state index contributed by atoms with van der Waals surface area (Å²) in [6.07, 6.45) is 3.24. The van der Waals surface area contributed by atoms with Crippen molar-refractivity contribution in [2.45, 2.75) is 65.0 Å². The van der Waals surface area contributed by atoms with E-state index in [1.54, 1.807) is 13.0 Å². The number of fused-ring (bicyclic) bond motifs is 1. The van der Waals surface area contributed by atoms with Crippen LogP contribution in [-0.4, -0.2) is 39.0 Å². The van der Waals surface area contributed by atoms with Crippen LogP contribution in [0.1, 0.15) is 74.0 Å². The summed E-state index contributed by atoms with van der Waals surface area (Å²) in [6, 6.07) is 4.30. The van der Waals surface area contributed by atoms with Crippen molar-refractivity contribution < 1.29 is 23.1 Å². The molecule has 0 spiro atoms. The van der Waals surface area contributed by atoms with Crippen LogP contribution in [0, 0.1) is 18.8 Å². The maximum Gasteiger partial charge on any atom is 0.263 e. The molecule has 0 unspecified atom stereocenters. The number of H-pyrrole nitrogens is 1. The van der Waals surface area contributed by atoms with E-state index in [-0.39, 0.29) is 23.3 Å². The molecule has 3 N–H and O–H groups in total. The van der Waals surface area contributed by atoms with Gasteiger partial charge in [0.15, 0.2) is 0 Å². The lowest BCUT2D eigenvalue weighted by Gasteiger charge is -2.35. The molecule has 2 aromatic heterocycles. The maximum atomic E-state index is 13.6. The number of rotatable bonds is 8. The molecule has 2 fully saturated rings. The zero-order valence-electron chi connectivity index (χ0n) is 21.2. The molecule has 0 radical (unpaired) electrons. The molecule has 2 saturated carbocycles. The zero-order valence-corrected chi connectivity index (χ0v) is 21.2. The van der Waals surface area contributed by atoms with Crippen LogP contribution in [0.2, 0.25) is 0 Å². The smallest absolute Gasteiger partial charge is 0.263 e. The minimum Gasteiger partial charge on any atom is -0.493 e. The number of aromatic nitrogens is 3. The van der Waals surface area contributed by atoms with Crippen molar-refractivity contribution >= 4 is 22.8 Å². The molecule has 196 valence electrons. The Morgan fingerprint density at radius 2 is 2.00 bits per heavy atom. The van der Waals surface area contributed by atoms with Crippen LogP contribution >= 0.6 is 0 Å². The Hall–Kier alpha value is -3.56. The maximum absolute atomic E-state index is 13.6. The van der Waals surface area contributed by atoms with E-state index in [1.165, 1.54) is 25.4 Å². The van der Waals surface area contributed by atoms with Crippen molar-refractivity contribution in [2.24, 2.45) is 11.8 Å². The Bertz CT molecular complexity index is 1350. The average molecular weight is 512 g/mol. The van der Waals surface area contributed by atoms with Crippen molar-refractivity contribution in [2.75, 3.05) is 6.61 Å². The van der Waals surface area contributed by atoms with E-state index >= 15 is 0 Å². The second-order valence-corrected chi connectivity index (χ2v) is 10.3. The highest BCUT2D eigenvalue weighted by Gasteiger charge is 2.43. The SMILES string of the molecule is CC(=O)N[C@@]1(NC(=O)c2c(C)[nH]c3c(-c4cc(C(F)F)ccc4OCC4CC4)ncnc23)CCC[C@H]1C. The van der Waals surface area contributed by atoms with E-state index in [2.05, 4.69) is 25.6 Å². The van der Waals surface area contributed by atoms with Gasteiger partial charge in [0.25, 0.3) is 12.3 Å². The molecular weight excluding hydrogens is 480 g/mol. The second-order valence-electron chi connectivity index (χ2n) is 10.3. The van der Waals surface area contributed by atoms with Crippen molar-refractivity contribution in [3.05, 3.63) is 41.3 Å². The van der Waals surface area contributed by atoms with E-state index in [9.17, 15) is 18.4 Å². The van der Waals surface area contributed by atoms with E-state index < -0.39 is 12.1 Å². The number of benzene rings is 1. The van der Waals surface area contributed by atoms with Gasteiger partial charge >= 0.3 is 0 Å². The third kappa shape index (κ3) is 4.89. The Morgan fingerprint density at radius 3 is 2.65 bits per heavy atom. The van der Waals surface area contributed by atoms with Gasteiger partial charge in [-0.25, -0.2) is 18.7 Å². The summed E-state index contributed by atoms with van der Waals surface area (Å²) in [7, 11) is 0. The third-order valence-electron chi connectivity index (χ3n) is 7.47. The predicted octanol–water partition coefficient (Wildman–Crippen LogP) is 5.04. The van der Waals surface area contributed by atoms with Crippen LogP contribution < -0.4 is 15.4 Å². The summed E-state index contributed by atoms with van der Waals surface area (Å²) < 4.78 is 33.2. The number of amides is 2. The van der Waals surface area contributed by atoms with Crippen molar-refractivity contribution in [3.8, 4) is 17.0 Å². The van der Waals surface area contributed by atoms with Gasteiger partial charge in [-0.2, -0.15) is 0 Å². The van der Waals surface area contributed by atoms with E-state index in [0.717, 1.165) is 25.7 Å². The fraction of sp³-hybridized carbons (Fsp3) is 0.481. The van der Waals surface area contributed by atoms with Crippen LogP contribution in [-0.2, 0) is 4.79 Å². The summed E-state index contributed by atoms with van der Waals surface area (Å²) in [5.41, 5.74) is 1.53. The molecule has 10 heteroatoms. The third-order valence-corrected chi connectivity index (χ3v) is 7.47. The predicted molar refractivity (Wildman–Crippen MR) is 134 cm³/mol. The molecule has 0 saturated heterocycles. The monoisotopic (exact) mass is 511 g/mol. The number of carbonyl (C=O) groups is 2. The first kappa shape index (κ1) is 25.1. The number of aromatic amines is 1. The van der Waals surface area contributed by atoms with Gasteiger partial charge in [-0.3, -0.25) is 9.59 Å². The normalized spacial score (nSPS) is 21.4. The number of aryl methyl sites for hydroxylation is 1. The van der Waals surface area contributed by atoms with E-state index in [0.29, 0.717) is 58.2 Å². The van der Waals surface area contributed by atoms with E-state index in [4.69, 9.17) is 4.74 Å². The number of carbonyl (C=O) groups excluding carboxylic acids is 2. The van der Waals surface area contributed by atoms with Crippen molar-refractivity contribution in [3.63, 3.8) is 0 Å². The van der Waals surface area contributed by atoms with Gasteiger partial charge in [0.2, 0.25) is 5.91 Å². The first-order chi connectivity index (χ1) is 17.7. The fourth-order valence-electron chi connectivity index (χ4n) is 5.25. The van der Waals surface area contributed by atoms with Crippen LogP contribution in [0.4, 0.5) is 8.78 Å². The number of alkyl halides is 2. The van der Waals surface area contributed by atoms with E-state index in [1.807, 2.05) is 6.92 Å². The Morgan fingerprint density at radius 1 is 1.22 bits per heavy atom. The summed E-state index contributed by atoms with van der Waals surface area (Å²) >= 11 is 0. The van der Waals surface area contributed by atoms with Crippen LogP contribution in [0.15, 0.2) is 24.5 Å². The molecule has 8 nitrogen and oxygen atoms in total. The zero-order chi connectivity index (χ0) is 26.3. The first-order valence-corrected chi connectivity index (χ1v) is 12.7. The highest BCUT2D eigenvalue weighted by molar-refractivity contribution is 6.09. The number of hydrogen-bond donors (Lipinski definition) is 3. The largest absolute Gasteiger partial charge is 0.493 e. The highest BCUT2D eigenvalue weighted by atomic mass is 19.3. The summed E-state index contributed by atoms with van der Waals surface area (Å²) in [4.78, 5) is 37.5. The molecule has 2 atom stereocenters. The molecule has 2 aliphatic rings. The Labute approximate surface area is 213 Å². The molecule has 5 rings (SSSR count). The van der Waals surface area contributed by atoms with Crippen LogP contribution in [0.3, 0.4) is 0 Å². The summed E-state index contributed by atoms with van der Waals surface area (Å²) in [5, 5.41) is 6.02. The topological polar surface area (TPSA) is 109 Å². The van der Waals surface area contributed by atoms with Crippen molar-refractivity contribution in [1.29, 1.82) is 0 Å². The minimum atomic E-state index is -2.65. The van der Waals surface area contributed by atoms with Crippen LogP contribution in [0.5, 0.6) is 5.75 Å². The molecule has 37 heavy (non-hydrogen) atoms. The van der Waals surface area contributed by atoms with Gasteiger partial charge < -0.3 is 20.4 Å². The summed E-state index contributed by atoms with van der Waals surface area (Å²) in [5.74, 6) is 0.401. The molecule has 1 aromatic carbocycles. The van der Waals surface area contributed by atoms with Crippen LogP contribution in [0.25, 0.3) is 22.3 Å². The number of ether oxygens (including phenoxy) is 1.